The van der Waals surface area contributed by atoms with Crippen molar-refractivity contribution in [2.45, 2.75) is 26.2 Å². The fraction of sp³-hybridized carbons (Fsp3) is 0.182. The lowest BCUT2D eigenvalue weighted by atomic mass is 10.1. The van der Waals surface area contributed by atoms with Crippen molar-refractivity contribution in [2.24, 2.45) is 0 Å². The normalized spacial score (nSPS) is 12.0. The molecule has 0 aliphatic heterocycles. The first-order valence-corrected chi connectivity index (χ1v) is 9.94. The summed E-state index contributed by atoms with van der Waals surface area (Å²) in [4.78, 5) is 23.6. The molecule has 0 atom stereocenters. The minimum Gasteiger partial charge on any atom is -0.324 e. The second kappa shape index (κ2) is 8.89. The topological polar surface area (TPSA) is 89.4 Å². The van der Waals surface area contributed by atoms with Crippen LogP contribution in [0.15, 0.2) is 48.9 Å². The summed E-state index contributed by atoms with van der Waals surface area (Å²) in [6, 6.07) is 5.26. The molecule has 0 spiro atoms. The lowest BCUT2D eigenvalue weighted by Gasteiger charge is -2.13. The van der Waals surface area contributed by atoms with Gasteiger partial charge in [-0.25, -0.2) is 9.97 Å². The number of nitrogens with zero attached hydrogens (tertiary/aromatic N) is 6. The van der Waals surface area contributed by atoms with E-state index in [1.54, 1.807) is 20.0 Å². The van der Waals surface area contributed by atoms with Crippen LogP contribution in [0.2, 0.25) is 0 Å². The molecule has 13 heteroatoms. The smallest absolute Gasteiger partial charge is 0.324 e. The molecule has 1 N–H and O–H groups in total. The van der Waals surface area contributed by atoms with E-state index in [1.165, 1.54) is 18.3 Å². The monoisotopic (exact) mass is 491 g/mol. The summed E-state index contributed by atoms with van der Waals surface area (Å²) in [7, 11) is 0. The quantitative estimate of drug-likeness (QED) is 0.362. The predicted molar refractivity (Wildman–Crippen MR) is 113 cm³/mol. The second-order valence-corrected chi connectivity index (χ2v) is 7.39. The molecule has 0 aliphatic carbocycles. The zero-order chi connectivity index (χ0) is 25.4. The molecule has 7 nitrogen and oxygen atoms in total. The fourth-order valence-corrected chi connectivity index (χ4v) is 3.03. The van der Waals surface area contributed by atoms with Crippen LogP contribution in [0.1, 0.15) is 22.5 Å². The minimum atomic E-state index is -4.70. The van der Waals surface area contributed by atoms with Crippen LogP contribution >= 0.6 is 0 Å². The van der Waals surface area contributed by atoms with Crippen molar-refractivity contribution in [1.82, 2.24) is 29.9 Å². The van der Waals surface area contributed by atoms with E-state index >= 15 is 0 Å². The van der Waals surface area contributed by atoms with Crippen LogP contribution in [-0.4, -0.2) is 29.9 Å². The van der Waals surface area contributed by atoms with Gasteiger partial charge in [-0.2, -0.15) is 36.3 Å². The Morgan fingerprint density at radius 2 is 1.49 bits per heavy atom. The van der Waals surface area contributed by atoms with E-state index in [0.29, 0.717) is 5.56 Å². The van der Waals surface area contributed by atoms with E-state index in [0.717, 1.165) is 35.5 Å². The third kappa shape index (κ3) is 5.34. The summed E-state index contributed by atoms with van der Waals surface area (Å²) in [6.45, 7) is 3.58. The highest BCUT2D eigenvalue weighted by Gasteiger charge is 2.33. The number of rotatable bonds is 4. The zero-order valence-corrected chi connectivity index (χ0v) is 18.1. The Labute approximate surface area is 194 Å². The summed E-state index contributed by atoms with van der Waals surface area (Å²) >= 11 is 0. The third-order valence-corrected chi connectivity index (χ3v) is 4.92. The van der Waals surface area contributed by atoms with Gasteiger partial charge in [-0.15, -0.1) is 0 Å². The molecule has 0 fully saturated rings. The number of nitrogens with one attached hydrogen (secondary N) is 1. The molecule has 0 aromatic carbocycles. The van der Waals surface area contributed by atoms with Crippen LogP contribution in [-0.2, 0) is 12.4 Å². The first kappa shape index (κ1) is 24.0. The van der Waals surface area contributed by atoms with Crippen molar-refractivity contribution in [3.8, 4) is 22.9 Å². The molecule has 180 valence electrons. The Morgan fingerprint density at radius 3 is 2.20 bits per heavy atom. The van der Waals surface area contributed by atoms with Gasteiger partial charge in [0.05, 0.1) is 0 Å². The first-order chi connectivity index (χ1) is 16.4. The van der Waals surface area contributed by atoms with E-state index in [4.69, 9.17) is 0 Å². The third-order valence-electron chi connectivity index (χ3n) is 4.92. The molecule has 0 aliphatic rings. The summed E-state index contributed by atoms with van der Waals surface area (Å²) in [5.74, 6) is -0.366. The van der Waals surface area contributed by atoms with Gasteiger partial charge in [-0.1, -0.05) is 6.07 Å². The van der Waals surface area contributed by atoms with Crippen molar-refractivity contribution in [3.63, 3.8) is 0 Å². The molecule has 0 radical (unpaired) electrons. The highest BCUT2D eigenvalue weighted by molar-refractivity contribution is 5.66. The molecule has 35 heavy (non-hydrogen) atoms. The molecule has 0 amide bonds. The molecule has 0 unspecified atom stereocenters. The maximum absolute atomic E-state index is 13.2. The standard InChI is InChI=1S/C22H15F6N7/c1-11-9-29-10-14(12(11)2)18-33-19(15-4-3-5-16(32-15)21(23,24)25)35-20(34-18)31-13-6-7-30-17(8-13)22(26,27)28/h3-10H,1-2H3,(H,30,31,33,34,35). The van der Waals surface area contributed by atoms with Crippen LogP contribution in [0.3, 0.4) is 0 Å². The highest BCUT2D eigenvalue weighted by atomic mass is 19.4. The average molecular weight is 491 g/mol. The Bertz CT molecular complexity index is 1390. The number of anilines is 2. The van der Waals surface area contributed by atoms with Gasteiger partial charge in [0, 0.05) is 29.8 Å². The first-order valence-electron chi connectivity index (χ1n) is 9.94. The maximum Gasteiger partial charge on any atom is 0.433 e. The van der Waals surface area contributed by atoms with Gasteiger partial charge in [0.25, 0.3) is 0 Å². The maximum atomic E-state index is 13.2. The Kier molecular flexibility index (Phi) is 6.09. The lowest BCUT2D eigenvalue weighted by Crippen LogP contribution is -2.10. The molecular weight excluding hydrogens is 476 g/mol. The van der Waals surface area contributed by atoms with E-state index in [-0.39, 0.29) is 29.0 Å². The minimum absolute atomic E-state index is 0.0356. The van der Waals surface area contributed by atoms with Crippen LogP contribution in [0.4, 0.5) is 38.0 Å². The zero-order valence-electron chi connectivity index (χ0n) is 18.1. The van der Waals surface area contributed by atoms with Crippen LogP contribution < -0.4 is 5.32 Å². The molecule has 4 rings (SSSR count). The number of halogens is 6. The SMILES string of the molecule is Cc1cncc(-c2nc(Nc3ccnc(C(F)(F)F)c3)nc(-c3cccc(C(F)(F)F)n3)n2)c1C. The Hall–Kier alpha value is -4.16. The van der Waals surface area contributed by atoms with Gasteiger partial charge in [0.1, 0.15) is 17.1 Å². The summed E-state index contributed by atoms with van der Waals surface area (Å²) in [5.41, 5.74) is -0.501. The summed E-state index contributed by atoms with van der Waals surface area (Å²) in [6.07, 6.45) is -5.34. The average Bonchev–Trinajstić information content (AvgIpc) is 2.80. The van der Waals surface area contributed by atoms with Crippen molar-refractivity contribution in [2.75, 3.05) is 5.32 Å². The number of aryl methyl sites for hydroxylation is 1. The largest absolute Gasteiger partial charge is 0.433 e. The second-order valence-electron chi connectivity index (χ2n) is 7.39. The number of hydrogen-bond acceptors (Lipinski definition) is 7. The molecule has 4 aromatic rings. The Balaban J connectivity index is 1.85. The van der Waals surface area contributed by atoms with Crippen LogP contribution in [0.25, 0.3) is 22.9 Å². The molecule has 0 saturated heterocycles. The van der Waals surface area contributed by atoms with Crippen LogP contribution in [0, 0.1) is 13.8 Å². The Morgan fingerprint density at radius 1 is 0.771 bits per heavy atom. The molecule has 0 saturated carbocycles. The number of alkyl halides is 6. The fourth-order valence-electron chi connectivity index (χ4n) is 3.03. The van der Waals surface area contributed by atoms with E-state index in [2.05, 4.69) is 35.2 Å². The molecule has 4 heterocycles. The van der Waals surface area contributed by atoms with E-state index in [9.17, 15) is 26.3 Å². The number of hydrogen-bond donors (Lipinski definition) is 1. The van der Waals surface area contributed by atoms with Gasteiger partial charge in [0.2, 0.25) is 5.95 Å². The lowest BCUT2D eigenvalue weighted by molar-refractivity contribution is -0.141. The van der Waals surface area contributed by atoms with Gasteiger partial charge < -0.3 is 5.32 Å². The van der Waals surface area contributed by atoms with Crippen molar-refractivity contribution in [1.29, 1.82) is 0 Å². The van der Waals surface area contributed by atoms with Crippen molar-refractivity contribution < 1.29 is 26.3 Å². The van der Waals surface area contributed by atoms with Crippen molar-refractivity contribution in [3.05, 3.63) is 71.4 Å². The van der Waals surface area contributed by atoms with Crippen molar-refractivity contribution >= 4 is 11.6 Å². The van der Waals surface area contributed by atoms with E-state index < -0.39 is 23.7 Å². The summed E-state index contributed by atoms with van der Waals surface area (Å²) in [5, 5.41) is 2.64. The predicted octanol–water partition coefficient (Wildman–Crippen LogP) is 5.79. The summed E-state index contributed by atoms with van der Waals surface area (Å²) < 4.78 is 78.7. The van der Waals surface area contributed by atoms with Gasteiger partial charge >= 0.3 is 12.4 Å². The molecule has 0 bridgehead atoms. The van der Waals surface area contributed by atoms with Crippen LogP contribution in [0.5, 0.6) is 0 Å². The molecular formula is C22H15F6N7. The highest BCUT2D eigenvalue weighted by Crippen LogP contribution is 2.31. The van der Waals surface area contributed by atoms with Gasteiger partial charge in [0.15, 0.2) is 11.6 Å². The number of pyridine rings is 3. The number of aromatic nitrogens is 6. The van der Waals surface area contributed by atoms with E-state index in [1.807, 2.05) is 0 Å². The van der Waals surface area contributed by atoms with Gasteiger partial charge in [-0.05, 0) is 49.2 Å². The molecule has 4 aromatic heterocycles. The van der Waals surface area contributed by atoms with Gasteiger partial charge in [-0.3, -0.25) is 9.97 Å².